The first-order valence-corrected chi connectivity index (χ1v) is 8.19. The van der Waals surface area contributed by atoms with E-state index in [2.05, 4.69) is 10.5 Å². The van der Waals surface area contributed by atoms with Gasteiger partial charge in [-0.3, -0.25) is 9.59 Å². The number of piperidine rings is 1. The van der Waals surface area contributed by atoms with Crippen molar-refractivity contribution in [2.45, 2.75) is 39.2 Å². The Morgan fingerprint density at radius 1 is 1.46 bits per heavy atom. The molecule has 2 aromatic heterocycles. The molecule has 3 rings (SSSR count). The summed E-state index contributed by atoms with van der Waals surface area (Å²) < 4.78 is 10.3. The fourth-order valence-corrected chi connectivity index (χ4v) is 3.04. The molecule has 1 aliphatic rings. The molecule has 1 aliphatic heterocycles. The Morgan fingerprint density at radius 3 is 3.00 bits per heavy atom. The van der Waals surface area contributed by atoms with Crippen LogP contribution in [0.3, 0.4) is 0 Å². The predicted molar refractivity (Wildman–Crippen MR) is 85.7 cm³/mol. The summed E-state index contributed by atoms with van der Waals surface area (Å²) in [5.74, 6) is 0.506. The maximum Gasteiger partial charge on any atom is 0.289 e. The smallest absolute Gasteiger partial charge is 0.289 e. The predicted octanol–water partition coefficient (Wildman–Crippen LogP) is 2.17. The highest BCUT2D eigenvalue weighted by Crippen LogP contribution is 2.17. The summed E-state index contributed by atoms with van der Waals surface area (Å²) in [4.78, 5) is 26.6. The first-order valence-electron chi connectivity index (χ1n) is 8.19. The molecule has 128 valence electrons. The van der Waals surface area contributed by atoms with E-state index >= 15 is 0 Å². The second-order valence-corrected chi connectivity index (χ2v) is 5.96. The Hall–Kier alpha value is -2.57. The third-order valence-corrected chi connectivity index (χ3v) is 4.27. The summed E-state index contributed by atoms with van der Waals surface area (Å²) in [7, 11) is 0. The van der Waals surface area contributed by atoms with Crippen LogP contribution in [0.25, 0.3) is 0 Å². The van der Waals surface area contributed by atoms with Crippen LogP contribution in [-0.4, -0.2) is 41.0 Å². The quantitative estimate of drug-likeness (QED) is 0.927. The zero-order valence-electron chi connectivity index (χ0n) is 13.9. The van der Waals surface area contributed by atoms with Crippen LogP contribution < -0.4 is 5.32 Å². The van der Waals surface area contributed by atoms with Crippen molar-refractivity contribution in [2.24, 2.45) is 0 Å². The highest BCUT2D eigenvalue weighted by Gasteiger charge is 2.28. The molecule has 2 aromatic rings. The lowest BCUT2D eigenvalue weighted by atomic mass is 10.0. The lowest BCUT2D eigenvalue weighted by Gasteiger charge is -2.32. The summed E-state index contributed by atoms with van der Waals surface area (Å²) in [6.45, 7) is 4.79. The number of carbonyl (C=O) groups excluding carboxylic acids is 2. The number of carbonyl (C=O) groups is 2. The SMILES string of the molecule is CCc1noc(C)c1C(=O)N[C@@H]1CCCN(C(=O)c2ccco2)C1. The molecule has 1 fully saturated rings. The molecule has 24 heavy (non-hydrogen) atoms. The van der Waals surface area contributed by atoms with Gasteiger partial charge in [0.25, 0.3) is 11.8 Å². The number of aryl methyl sites for hydroxylation is 2. The molecular weight excluding hydrogens is 310 g/mol. The van der Waals surface area contributed by atoms with Gasteiger partial charge in [0.1, 0.15) is 11.3 Å². The van der Waals surface area contributed by atoms with Gasteiger partial charge in [-0.1, -0.05) is 12.1 Å². The molecule has 1 N–H and O–H groups in total. The number of nitrogens with zero attached hydrogens (tertiary/aromatic N) is 2. The maximum absolute atomic E-state index is 12.5. The van der Waals surface area contributed by atoms with Gasteiger partial charge in [0.05, 0.1) is 12.0 Å². The van der Waals surface area contributed by atoms with E-state index < -0.39 is 0 Å². The average Bonchev–Trinajstić information content (AvgIpc) is 3.23. The molecule has 0 radical (unpaired) electrons. The minimum absolute atomic E-state index is 0.0934. The molecule has 0 unspecified atom stereocenters. The largest absolute Gasteiger partial charge is 0.459 e. The number of hydrogen-bond acceptors (Lipinski definition) is 5. The second-order valence-electron chi connectivity index (χ2n) is 5.96. The zero-order chi connectivity index (χ0) is 17.1. The Labute approximate surface area is 140 Å². The van der Waals surface area contributed by atoms with Gasteiger partial charge in [-0.25, -0.2) is 0 Å². The van der Waals surface area contributed by atoms with Crippen LogP contribution in [0.4, 0.5) is 0 Å². The van der Waals surface area contributed by atoms with E-state index in [9.17, 15) is 9.59 Å². The van der Waals surface area contributed by atoms with Gasteiger partial charge in [-0.15, -0.1) is 0 Å². The summed E-state index contributed by atoms with van der Waals surface area (Å²) >= 11 is 0. The van der Waals surface area contributed by atoms with Gasteiger partial charge in [0.15, 0.2) is 5.76 Å². The Balaban J connectivity index is 1.66. The van der Waals surface area contributed by atoms with Crippen molar-refractivity contribution in [2.75, 3.05) is 13.1 Å². The highest BCUT2D eigenvalue weighted by molar-refractivity contribution is 5.96. The maximum atomic E-state index is 12.5. The molecule has 7 nitrogen and oxygen atoms in total. The number of hydrogen-bond donors (Lipinski definition) is 1. The van der Waals surface area contributed by atoms with E-state index in [1.54, 1.807) is 24.0 Å². The fraction of sp³-hybridized carbons (Fsp3) is 0.471. The minimum Gasteiger partial charge on any atom is -0.459 e. The number of nitrogens with one attached hydrogen (secondary N) is 1. The molecule has 1 atom stereocenters. The van der Waals surface area contributed by atoms with Crippen molar-refractivity contribution in [3.8, 4) is 0 Å². The molecular formula is C17H21N3O4. The molecule has 0 saturated carbocycles. The highest BCUT2D eigenvalue weighted by atomic mass is 16.5. The monoisotopic (exact) mass is 331 g/mol. The van der Waals surface area contributed by atoms with Crippen LogP contribution in [0.2, 0.25) is 0 Å². The normalized spacial score (nSPS) is 17.8. The van der Waals surface area contributed by atoms with Crippen molar-refractivity contribution in [3.63, 3.8) is 0 Å². The van der Waals surface area contributed by atoms with E-state index in [1.165, 1.54) is 6.26 Å². The lowest BCUT2D eigenvalue weighted by Crippen LogP contribution is -2.49. The van der Waals surface area contributed by atoms with Gasteiger partial charge in [0, 0.05) is 19.1 Å². The molecule has 0 aromatic carbocycles. The van der Waals surface area contributed by atoms with Crippen molar-refractivity contribution in [1.29, 1.82) is 0 Å². The second kappa shape index (κ2) is 6.90. The van der Waals surface area contributed by atoms with E-state index in [0.717, 1.165) is 12.8 Å². The lowest BCUT2D eigenvalue weighted by molar-refractivity contribution is 0.0646. The van der Waals surface area contributed by atoms with Crippen molar-refractivity contribution in [3.05, 3.63) is 41.2 Å². The van der Waals surface area contributed by atoms with E-state index in [4.69, 9.17) is 8.94 Å². The number of furan rings is 1. The molecule has 7 heteroatoms. The van der Waals surface area contributed by atoms with Crippen LogP contribution in [0.5, 0.6) is 0 Å². The van der Waals surface area contributed by atoms with Gasteiger partial charge in [0.2, 0.25) is 0 Å². The fourth-order valence-electron chi connectivity index (χ4n) is 3.04. The van der Waals surface area contributed by atoms with Crippen LogP contribution in [-0.2, 0) is 6.42 Å². The minimum atomic E-state index is -0.192. The molecule has 0 bridgehead atoms. The van der Waals surface area contributed by atoms with Crippen LogP contribution in [0, 0.1) is 6.92 Å². The Bertz CT molecular complexity index is 720. The van der Waals surface area contributed by atoms with Crippen LogP contribution >= 0.6 is 0 Å². The van der Waals surface area contributed by atoms with Crippen molar-refractivity contribution >= 4 is 11.8 Å². The number of rotatable bonds is 4. The third kappa shape index (κ3) is 3.20. The summed E-state index contributed by atoms with van der Waals surface area (Å²) in [6.07, 6.45) is 3.78. The van der Waals surface area contributed by atoms with Crippen LogP contribution in [0.1, 0.15) is 52.1 Å². The van der Waals surface area contributed by atoms with Gasteiger partial charge in [-0.2, -0.15) is 0 Å². The molecule has 2 amide bonds. The number of likely N-dealkylation sites (tertiary alicyclic amines) is 1. The first kappa shape index (κ1) is 16.3. The number of aromatic nitrogens is 1. The molecule has 0 spiro atoms. The molecule has 0 aliphatic carbocycles. The summed E-state index contributed by atoms with van der Waals surface area (Å²) in [5, 5.41) is 6.92. The summed E-state index contributed by atoms with van der Waals surface area (Å²) in [6, 6.07) is 3.25. The van der Waals surface area contributed by atoms with Crippen molar-refractivity contribution < 1.29 is 18.5 Å². The van der Waals surface area contributed by atoms with Crippen LogP contribution in [0.15, 0.2) is 27.3 Å². The Morgan fingerprint density at radius 2 is 2.29 bits per heavy atom. The summed E-state index contributed by atoms with van der Waals surface area (Å²) in [5.41, 5.74) is 1.16. The molecule has 1 saturated heterocycles. The van der Waals surface area contributed by atoms with E-state index in [1.807, 2.05) is 6.92 Å². The standard InChI is InChI=1S/C17H21N3O4/c1-3-13-15(11(2)24-19-13)16(21)18-12-6-4-8-20(10-12)17(22)14-7-5-9-23-14/h5,7,9,12H,3-4,6,8,10H2,1-2H3,(H,18,21)/t12-/m1/s1. The van der Waals surface area contributed by atoms with E-state index in [0.29, 0.717) is 42.3 Å². The van der Waals surface area contributed by atoms with Crippen molar-refractivity contribution in [1.82, 2.24) is 15.4 Å². The average molecular weight is 331 g/mol. The Kier molecular flexibility index (Phi) is 4.69. The van der Waals surface area contributed by atoms with Gasteiger partial charge in [-0.05, 0) is 38.3 Å². The van der Waals surface area contributed by atoms with Gasteiger partial charge < -0.3 is 19.2 Å². The third-order valence-electron chi connectivity index (χ3n) is 4.27. The molecule has 3 heterocycles. The van der Waals surface area contributed by atoms with E-state index in [-0.39, 0.29) is 17.9 Å². The number of amides is 2. The topological polar surface area (TPSA) is 88.6 Å². The van der Waals surface area contributed by atoms with Gasteiger partial charge >= 0.3 is 0 Å². The zero-order valence-corrected chi connectivity index (χ0v) is 13.9. The first-order chi connectivity index (χ1) is 11.6.